The second kappa shape index (κ2) is 8.67. The molecule has 0 aliphatic carbocycles. The van der Waals surface area contributed by atoms with Crippen LogP contribution in [0.4, 0.5) is 0 Å². The highest BCUT2D eigenvalue weighted by Gasteiger charge is 2.45. The van der Waals surface area contributed by atoms with Crippen LogP contribution in [0.25, 0.3) is 22.2 Å². The Kier molecular flexibility index (Phi) is 5.79. The number of likely N-dealkylation sites (tertiary alicyclic amines) is 1. The van der Waals surface area contributed by atoms with Gasteiger partial charge >= 0.3 is 0 Å². The maximum absolute atomic E-state index is 14.3. The van der Waals surface area contributed by atoms with Crippen molar-refractivity contribution in [2.24, 2.45) is 0 Å². The monoisotopic (exact) mass is 465 g/mol. The highest BCUT2D eigenvalue weighted by atomic mass is 16.2. The summed E-state index contributed by atoms with van der Waals surface area (Å²) in [5, 5.41) is 0. The number of carbonyl (C=O) groups excluding carboxylic acids is 1. The number of hydrogen-bond acceptors (Lipinski definition) is 2. The third kappa shape index (κ3) is 3.85. The second-order valence-electron chi connectivity index (χ2n) is 10.4. The van der Waals surface area contributed by atoms with Crippen LogP contribution in [0.2, 0.25) is 0 Å². The Labute approximate surface area is 208 Å². The molecule has 5 rings (SSSR count). The zero-order valence-corrected chi connectivity index (χ0v) is 21.8. The molecule has 0 saturated carbocycles. The fraction of sp³-hybridized carbons (Fsp3) is 0.355. The summed E-state index contributed by atoms with van der Waals surface area (Å²) in [4.78, 5) is 21.5. The third-order valence-electron chi connectivity index (χ3n) is 7.82. The molecule has 35 heavy (non-hydrogen) atoms. The zero-order valence-electron chi connectivity index (χ0n) is 21.8. The topological polar surface area (TPSA) is 38.1 Å². The van der Waals surface area contributed by atoms with Gasteiger partial charge < -0.3 is 9.47 Å². The third-order valence-corrected chi connectivity index (χ3v) is 7.82. The number of carbonyl (C=O) groups is 1. The van der Waals surface area contributed by atoms with Gasteiger partial charge in [0.2, 0.25) is 0 Å². The molecule has 4 heteroatoms. The smallest absolute Gasteiger partial charge is 0.255 e. The van der Waals surface area contributed by atoms with Gasteiger partial charge in [0.25, 0.3) is 5.91 Å². The van der Waals surface area contributed by atoms with E-state index in [0.717, 1.165) is 65.0 Å². The molecule has 1 aliphatic heterocycles. The molecule has 4 aromatic rings. The predicted octanol–water partition coefficient (Wildman–Crippen LogP) is 7.11. The van der Waals surface area contributed by atoms with E-state index in [4.69, 9.17) is 4.98 Å². The highest BCUT2D eigenvalue weighted by Crippen LogP contribution is 2.41. The van der Waals surface area contributed by atoms with Gasteiger partial charge in [0.05, 0.1) is 16.6 Å². The second-order valence-corrected chi connectivity index (χ2v) is 10.4. The first-order chi connectivity index (χ1) is 16.7. The van der Waals surface area contributed by atoms with Gasteiger partial charge in [0.15, 0.2) is 0 Å². The molecule has 1 atom stereocenters. The van der Waals surface area contributed by atoms with Crippen LogP contribution in [0.15, 0.2) is 54.6 Å². The van der Waals surface area contributed by atoms with Gasteiger partial charge in [-0.05, 0) is 94.8 Å². The maximum atomic E-state index is 14.3. The molecule has 0 radical (unpaired) electrons. The average molecular weight is 466 g/mol. The minimum absolute atomic E-state index is 0.0892. The molecule has 3 aromatic carbocycles. The van der Waals surface area contributed by atoms with Crippen molar-refractivity contribution in [2.45, 2.75) is 66.5 Å². The lowest BCUT2D eigenvalue weighted by molar-refractivity contribution is 0.0599. The van der Waals surface area contributed by atoms with Crippen LogP contribution in [0.1, 0.15) is 65.1 Å². The van der Waals surface area contributed by atoms with Crippen LogP contribution in [-0.2, 0) is 12.1 Å². The van der Waals surface area contributed by atoms with E-state index in [1.165, 1.54) is 16.7 Å². The summed E-state index contributed by atoms with van der Waals surface area (Å²) in [7, 11) is 0. The molecule has 1 aromatic heterocycles. The van der Waals surface area contributed by atoms with Crippen LogP contribution < -0.4 is 0 Å². The number of rotatable bonds is 4. The van der Waals surface area contributed by atoms with Crippen LogP contribution >= 0.6 is 0 Å². The van der Waals surface area contributed by atoms with Crippen molar-refractivity contribution in [3.8, 4) is 11.1 Å². The fourth-order valence-corrected chi connectivity index (χ4v) is 5.60. The molecule has 1 fully saturated rings. The van der Waals surface area contributed by atoms with E-state index >= 15 is 0 Å². The normalized spacial score (nSPS) is 17.9. The number of aromatic nitrogens is 2. The summed E-state index contributed by atoms with van der Waals surface area (Å²) in [6, 6.07) is 19.1. The van der Waals surface area contributed by atoms with E-state index in [1.807, 2.05) is 6.07 Å². The lowest BCUT2D eigenvalue weighted by Gasteiger charge is -2.35. The number of benzene rings is 3. The van der Waals surface area contributed by atoms with Gasteiger partial charge in [0.1, 0.15) is 5.82 Å². The fourth-order valence-electron chi connectivity index (χ4n) is 5.60. The number of hydrogen-bond donors (Lipinski definition) is 0. The van der Waals surface area contributed by atoms with Gasteiger partial charge in [-0.25, -0.2) is 4.98 Å². The number of amides is 1. The van der Waals surface area contributed by atoms with Gasteiger partial charge in [-0.1, -0.05) is 47.5 Å². The molecule has 1 saturated heterocycles. The summed E-state index contributed by atoms with van der Waals surface area (Å²) in [5.41, 5.74) is 9.37. The Hall–Kier alpha value is -3.40. The minimum Gasteiger partial charge on any atom is -0.326 e. The standard InChI is InChI=1S/C31H35N3O/c1-7-33-28-19-23(5)22(4)18-27(28)32-30(33)31(6)15-8-16-34(31)29(35)26-17-21(3)11-14-25(26)24-12-9-20(2)10-13-24/h9-14,17-19H,7-8,15-16H2,1-6H3. The van der Waals surface area contributed by atoms with E-state index in [-0.39, 0.29) is 5.91 Å². The molecule has 0 spiro atoms. The van der Waals surface area contributed by atoms with Gasteiger partial charge in [-0.2, -0.15) is 0 Å². The van der Waals surface area contributed by atoms with Crippen molar-refractivity contribution in [3.05, 3.63) is 88.2 Å². The number of aryl methyl sites for hydroxylation is 5. The summed E-state index contributed by atoms with van der Waals surface area (Å²) in [6.45, 7) is 14.4. The Bertz CT molecular complexity index is 1430. The van der Waals surface area contributed by atoms with Crippen molar-refractivity contribution in [1.82, 2.24) is 14.5 Å². The Morgan fingerprint density at radius 1 is 0.943 bits per heavy atom. The van der Waals surface area contributed by atoms with Crippen molar-refractivity contribution >= 4 is 16.9 Å². The molecule has 2 heterocycles. The molecular formula is C31H35N3O. The van der Waals surface area contributed by atoms with Gasteiger partial charge in [-0.3, -0.25) is 4.79 Å². The number of nitrogens with zero attached hydrogens (tertiary/aromatic N) is 3. The predicted molar refractivity (Wildman–Crippen MR) is 144 cm³/mol. The number of imidazole rings is 1. The lowest BCUT2D eigenvalue weighted by Crippen LogP contribution is -2.44. The Balaban J connectivity index is 1.62. The SMILES string of the molecule is CCn1c(C2(C)CCCN2C(=O)c2cc(C)ccc2-c2ccc(C)cc2)nc2cc(C)c(C)cc21. The molecule has 1 aliphatic rings. The summed E-state index contributed by atoms with van der Waals surface area (Å²) in [5.74, 6) is 1.08. The van der Waals surface area contributed by atoms with Gasteiger partial charge in [0, 0.05) is 18.7 Å². The average Bonchev–Trinajstić information content (AvgIpc) is 3.40. The Morgan fingerprint density at radius 3 is 2.34 bits per heavy atom. The largest absolute Gasteiger partial charge is 0.326 e. The van der Waals surface area contributed by atoms with Crippen molar-refractivity contribution in [3.63, 3.8) is 0 Å². The lowest BCUT2D eigenvalue weighted by atomic mass is 9.93. The van der Waals surface area contributed by atoms with Crippen LogP contribution in [0.5, 0.6) is 0 Å². The first kappa shape index (κ1) is 23.3. The van der Waals surface area contributed by atoms with E-state index in [9.17, 15) is 4.79 Å². The molecule has 0 N–H and O–H groups in total. The van der Waals surface area contributed by atoms with Crippen molar-refractivity contribution in [1.29, 1.82) is 0 Å². The molecule has 180 valence electrons. The van der Waals surface area contributed by atoms with Crippen LogP contribution in [-0.4, -0.2) is 26.9 Å². The summed E-state index contributed by atoms with van der Waals surface area (Å²) >= 11 is 0. The van der Waals surface area contributed by atoms with E-state index in [0.29, 0.717) is 0 Å². The van der Waals surface area contributed by atoms with Crippen LogP contribution in [0.3, 0.4) is 0 Å². The number of fused-ring (bicyclic) bond motifs is 1. The first-order valence-corrected chi connectivity index (χ1v) is 12.7. The highest BCUT2D eigenvalue weighted by molar-refractivity contribution is 6.01. The molecule has 0 bridgehead atoms. The quantitative estimate of drug-likeness (QED) is 0.322. The van der Waals surface area contributed by atoms with Crippen LogP contribution in [0, 0.1) is 27.7 Å². The van der Waals surface area contributed by atoms with Crippen molar-refractivity contribution in [2.75, 3.05) is 6.54 Å². The van der Waals surface area contributed by atoms with E-state index in [1.54, 1.807) is 0 Å². The maximum Gasteiger partial charge on any atom is 0.255 e. The molecule has 4 nitrogen and oxygen atoms in total. The first-order valence-electron chi connectivity index (χ1n) is 12.7. The summed E-state index contributed by atoms with van der Waals surface area (Å²) in [6.07, 6.45) is 1.88. The van der Waals surface area contributed by atoms with Crippen molar-refractivity contribution < 1.29 is 4.79 Å². The van der Waals surface area contributed by atoms with E-state index < -0.39 is 5.54 Å². The zero-order chi connectivity index (χ0) is 24.9. The molecule has 1 unspecified atom stereocenters. The summed E-state index contributed by atoms with van der Waals surface area (Å²) < 4.78 is 2.31. The minimum atomic E-state index is -0.456. The molecular weight excluding hydrogens is 430 g/mol. The van der Waals surface area contributed by atoms with E-state index in [2.05, 4.69) is 99.5 Å². The van der Waals surface area contributed by atoms with Gasteiger partial charge in [-0.15, -0.1) is 0 Å². The Morgan fingerprint density at radius 2 is 1.63 bits per heavy atom. The molecule has 1 amide bonds.